The number of thiazole rings is 1. The van der Waals surface area contributed by atoms with Crippen molar-refractivity contribution in [1.82, 2.24) is 9.88 Å². The van der Waals surface area contributed by atoms with Crippen molar-refractivity contribution in [3.63, 3.8) is 0 Å². The lowest BCUT2D eigenvalue weighted by atomic mass is 10.1. The molecule has 0 spiro atoms. The van der Waals surface area contributed by atoms with Gasteiger partial charge in [-0.05, 0) is 37.6 Å². The molecule has 0 atom stereocenters. The topological polar surface area (TPSA) is 70.5 Å². The number of carboxylic acid groups (broad SMARTS) is 1. The van der Waals surface area contributed by atoms with Gasteiger partial charge in [0, 0.05) is 36.7 Å². The Morgan fingerprint density at radius 2 is 2.00 bits per heavy atom. The fraction of sp³-hybridized carbons (Fsp3) is 0.312. The van der Waals surface area contributed by atoms with Crippen LogP contribution in [0.15, 0.2) is 29.8 Å². The van der Waals surface area contributed by atoms with E-state index < -0.39 is 5.97 Å². The molecule has 0 aliphatic heterocycles. The van der Waals surface area contributed by atoms with E-state index in [0.717, 1.165) is 10.6 Å². The number of aryl methyl sites for hydroxylation is 1. The number of hydrogen-bond acceptors (Lipinski definition) is 4. The summed E-state index contributed by atoms with van der Waals surface area (Å²) in [4.78, 5) is 29.6. The molecule has 0 fully saturated rings. The van der Waals surface area contributed by atoms with Crippen molar-refractivity contribution in [2.75, 3.05) is 13.1 Å². The number of carbonyl (C=O) groups is 2. The van der Waals surface area contributed by atoms with Crippen molar-refractivity contribution < 1.29 is 14.7 Å². The van der Waals surface area contributed by atoms with E-state index in [9.17, 15) is 9.59 Å². The number of rotatable bonds is 6. The largest absolute Gasteiger partial charge is 0.478 e. The van der Waals surface area contributed by atoms with Crippen molar-refractivity contribution in [3.8, 4) is 0 Å². The minimum Gasteiger partial charge on any atom is -0.478 e. The number of likely N-dealkylation sites (N-methyl/N-ethyl adjacent to an activating group) is 1. The molecule has 22 heavy (non-hydrogen) atoms. The Bertz CT molecular complexity index is 668. The Hall–Kier alpha value is -2.21. The van der Waals surface area contributed by atoms with Gasteiger partial charge in [-0.15, -0.1) is 11.3 Å². The highest BCUT2D eigenvalue weighted by Crippen LogP contribution is 2.13. The van der Waals surface area contributed by atoms with E-state index in [1.807, 2.05) is 12.3 Å². The van der Waals surface area contributed by atoms with E-state index in [2.05, 4.69) is 4.98 Å². The number of amides is 1. The van der Waals surface area contributed by atoms with E-state index >= 15 is 0 Å². The highest BCUT2D eigenvalue weighted by atomic mass is 32.1. The molecule has 2 aromatic rings. The lowest BCUT2D eigenvalue weighted by Crippen LogP contribution is -2.33. The molecular formula is C16H18N2O3S. The van der Waals surface area contributed by atoms with Crippen LogP contribution in [0.4, 0.5) is 0 Å². The van der Waals surface area contributed by atoms with Gasteiger partial charge in [-0.1, -0.05) is 0 Å². The van der Waals surface area contributed by atoms with Crippen LogP contribution >= 0.6 is 11.3 Å². The van der Waals surface area contributed by atoms with Gasteiger partial charge < -0.3 is 10.0 Å². The van der Waals surface area contributed by atoms with Crippen LogP contribution in [0.25, 0.3) is 0 Å². The molecule has 1 aromatic heterocycles. The standard InChI is InChI=1S/C16H18N2O3S/c1-3-18(6-4-14-17-5-7-22-14)15(19)12-8-11(2)9-13(10-12)16(20)21/h5,7-10H,3-4,6H2,1-2H3,(H,20,21). The molecule has 1 N–H and O–H groups in total. The number of carboxylic acids is 1. The van der Waals surface area contributed by atoms with Crippen LogP contribution in [0.1, 0.15) is 38.2 Å². The van der Waals surface area contributed by atoms with Gasteiger partial charge in [0.05, 0.1) is 10.6 Å². The lowest BCUT2D eigenvalue weighted by Gasteiger charge is -2.21. The first-order valence-corrected chi connectivity index (χ1v) is 7.92. The lowest BCUT2D eigenvalue weighted by molar-refractivity contribution is 0.0696. The quantitative estimate of drug-likeness (QED) is 0.889. The van der Waals surface area contributed by atoms with Crippen LogP contribution < -0.4 is 0 Å². The molecule has 0 aliphatic carbocycles. The van der Waals surface area contributed by atoms with E-state index in [1.54, 1.807) is 41.5 Å². The minimum atomic E-state index is -1.02. The van der Waals surface area contributed by atoms with Crippen molar-refractivity contribution in [1.29, 1.82) is 0 Å². The van der Waals surface area contributed by atoms with Crippen molar-refractivity contribution in [2.24, 2.45) is 0 Å². The molecule has 0 aliphatic rings. The van der Waals surface area contributed by atoms with Gasteiger partial charge in [0.25, 0.3) is 5.91 Å². The molecule has 1 aromatic carbocycles. The van der Waals surface area contributed by atoms with E-state index in [-0.39, 0.29) is 11.5 Å². The Kier molecular flexibility index (Phi) is 5.27. The summed E-state index contributed by atoms with van der Waals surface area (Å²) in [5, 5.41) is 12.0. The smallest absolute Gasteiger partial charge is 0.335 e. The van der Waals surface area contributed by atoms with Gasteiger partial charge in [0.1, 0.15) is 0 Å². The number of aromatic nitrogens is 1. The third kappa shape index (κ3) is 3.92. The Morgan fingerprint density at radius 3 is 2.59 bits per heavy atom. The van der Waals surface area contributed by atoms with Gasteiger partial charge in [-0.3, -0.25) is 4.79 Å². The molecule has 0 saturated carbocycles. The number of hydrogen-bond donors (Lipinski definition) is 1. The Labute approximate surface area is 133 Å². The second-order valence-electron chi connectivity index (χ2n) is 4.95. The molecule has 0 saturated heterocycles. The monoisotopic (exact) mass is 318 g/mol. The molecule has 1 amide bonds. The van der Waals surface area contributed by atoms with E-state index in [4.69, 9.17) is 5.11 Å². The van der Waals surface area contributed by atoms with Crippen LogP contribution in [0, 0.1) is 6.92 Å². The molecule has 0 unspecified atom stereocenters. The Morgan fingerprint density at radius 1 is 1.27 bits per heavy atom. The summed E-state index contributed by atoms with van der Waals surface area (Å²) in [6.07, 6.45) is 2.45. The Balaban J connectivity index is 2.15. The highest BCUT2D eigenvalue weighted by Gasteiger charge is 2.17. The van der Waals surface area contributed by atoms with Gasteiger partial charge in [-0.25, -0.2) is 9.78 Å². The molecule has 0 radical (unpaired) electrons. The predicted molar refractivity (Wildman–Crippen MR) is 85.5 cm³/mol. The summed E-state index contributed by atoms with van der Waals surface area (Å²) in [5.41, 5.74) is 1.32. The van der Waals surface area contributed by atoms with Crippen molar-refractivity contribution >= 4 is 23.2 Å². The average Bonchev–Trinajstić information content (AvgIpc) is 3.00. The fourth-order valence-electron chi connectivity index (χ4n) is 2.22. The summed E-state index contributed by atoms with van der Waals surface area (Å²) in [7, 11) is 0. The average molecular weight is 318 g/mol. The van der Waals surface area contributed by atoms with Crippen molar-refractivity contribution in [3.05, 3.63) is 51.5 Å². The number of carbonyl (C=O) groups excluding carboxylic acids is 1. The number of benzene rings is 1. The summed E-state index contributed by atoms with van der Waals surface area (Å²) >= 11 is 1.56. The fourth-order valence-corrected chi connectivity index (χ4v) is 2.83. The zero-order chi connectivity index (χ0) is 16.1. The normalized spacial score (nSPS) is 10.5. The summed E-state index contributed by atoms with van der Waals surface area (Å²) in [6, 6.07) is 4.72. The SMILES string of the molecule is CCN(CCc1nccs1)C(=O)c1cc(C)cc(C(=O)O)c1. The molecule has 0 bridgehead atoms. The van der Waals surface area contributed by atoms with Crippen LogP contribution in [-0.2, 0) is 6.42 Å². The van der Waals surface area contributed by atoms with Crippen LogP contribution in [0.2, 0.25) is 0 Å². The third-order valence-corrected chi connectivity index (χ3v) is 4.16. The predicted octanol–water partition coefficient (Wildman–Crippen LogP) is 2.85. The molecule has 116 valence electrons. The first-order valence-electron chi connectivity index (χ1n) is 7.04. The molecule has 2 rings (SSSR count). The summed E-state index contributed by atoms with van der Waals surface area (Å²) < 4.78 is 0. The second-order valence-corrected chi connectivity index (χ2v) is 5.93. The zero-order valence-corrected chi connectivity index (χ0v) is 13.4. The maximum atomic E-state index is 12.6. The first-order chi connectivity index (χ1) is 10.5. The van der Waals surface area contributed by atoms with Gasteiger partial charge in [-0.2, -0.15) is 0 Å². The van der Waals surface area contributed by atoms with Gasteiger partial charge in [0.15, 0.2) is 0 Å². The molecular weight excluding hydrogens is 300 g/mol. The van der Waals surface area contributed by atoms with Crippen LogP contribution in [0.3, 0.4) is 0 Å². The highest BCUT2D eigenvalue weighted by molar-refractivity contribution is 7.09. The maximum absolute atomic E-state index is 12.6. The van der Waals surface area contributed by atoms with Crippen molar-refractivity contribution in [2.45, 2.75) is 20.3 Å². The van der Waals surface area contributed by atoms with E-state index in [1.165, 1.54) is 6.07 Å². The number of aromatic carboxylic acids is 1. The van der Waals surface area contributed by atoms with Gasteiger partial charge >= 0.3 is 5.97 Å². The summed E-state index contributed by atoms with van der Waals surface area (Å²) in [5.74, 6) is -1.17. The molecule has 5 nitrogen and oxygen atoms in total. The van der Waals surface area contributed by atoms with E-state index in [0.29, 0.717) is 25.1 Å². The zero-order valence-electron chi connectivity index (χ0n) is 12.6. The first kappa shape index (κ1) is 16.2. The second kappa shape index (κ2) is 7.17. The maximum Gasteiger partial charge on any atom is 0.335 e. The van der Waals surface area contributed by atoms with Crippen LogP contribution in [0.5, 0.6) is 0 Å². The molecule has 6 heteroatoms. The molecule has 1 heterocycles. The minimum absolute atomic E-state index is 0.138. The van der Waals surface area contributed by atoms with Gasteiger partial charge in [0.2, 0.25) is 0 Å². The number of nitrogens with zero attached hydrogens (tertiary/aromatic N) is 2. The summed E-state index contributed by atoms with van der Waals surface area (Å²) in [6.45, 7) is 4.84. The third-order valence-electron chi connectivity index (χ3n) is 3.32. The van der Waals surface area contributed by atoms with Crippen LogP contribution in [-0.4, -0.2) is 40.0 Å².